The van der Waals surface area contributed by atoms with Crippen molar-refractivity contribution in [1.29, 1.82) is 0 Å². The summed E-state index contributed by atoms with van der Waals surface area (Å²) >= 11 is 0. The first-order chi connectivity index (χ1) is 13.2. The van der Waals surface area contributed by atoms with Crippen LogP contribution in [0.2, 0.25) is 0 Å². The number of aryl methyl sites for hydroxylation is 1. The number of hydrogen-bond acceptors (Lipinski definition) is 5. The summed E-state index contributed by atoms with van der Waals surface area (Å²) in [5.74, 6) is 0.571. The molecule has 0 atom stereocenters. The summed E-state index contributed by atoms with van der Waals surface area (Å²) in [5, 5.41) is 5.83. The second-order valence-corrected chi connectivity index (χ2v) is 6.45. The van der Waals surface area contributed by atoms with E-state index >= 15 is 0 Å². The predicted molar refractivity (Wildman–Crippen MR) is 106 cm³/mol. The maximum Gasteiger partial charge on any atom is 0.418 e. The van der Waals surface area contributed by atoms with Gasteiger partial charge in [-0.05, 0) is 43.3 Å². The van der Waals surface area contributed by atoms with E-state index in [1.165, 1.54) is 18.2 Å². The quantitative estimate of drug-likeness (QED) is 0.618. The third-order valence-electron chi connectivity index (χ3n) is 3.99. The predicted octanol–water partition coefficient (Wildman–Crippen LogP) is 5.36. The zero-order valence-electron chi connectivity index (χ0n) is 15.7. The van der Waals surface area contributed by atoms with Crippen molar-refractivity contribution in [3.8, 4) is 0 Å². The Morgan fingerprint density at radius 2 is 1.57 bits per heavy atom. The Hall–Kier alpha value is -3.29. The van der Waals surface area contributed by atoms with Crippen LogP contribution in [0.1, 0.15) is 11.3 Å². The Morgan fingerprint density at radius 3 is 2.21 bits per heavy atom. The van der Waals surface area contributed by atoms with Crippen LogP contribution in [-0.4, -0.2) is 24.1 Å². The Bertz CT molecular complexity index is 953. The molecule has 0 amide bonds. The first-order valence-corrected chi connectivity index (χ1v) is 8.56. The van der Waals surface area contributed by atoms with Crippen molar-refractivity contribution in [2.75, 3.05) is 29.6 Å². The van der Waals surface area contributed by atoms with Crippen molar-refractivity contribution in [2.24, 2.45) is 0 Å². The van der Waals surface area contributed by atoms with Crippen LogP contribution in [0.15, 0.2) is 54.6 Å². The van der Waals surface area contributed by atoms with Gasteiger partial charge < -0.3 is 15.5 Å². The molecular weight excluding hydrogens is 367 g/mol. The molecule has 1 aromatic heterocycles. The molecule has 5 nitrogen and oxygen atoms in total. The molecule has 3 aromatic rings. The molecule has 0 radical (unpaired) electrons. The van der Waals surface area contributed by atoms with Crippen molar-refractivity contribution in [1.82, 2.24) is 9.97 Å². The van der Waals surface area contributed by atoms with Gasteiger partial charge in [0.2, 0.25) is 5.95 Å². The van der Waals surface area contributed by atoms with E-state index in [1.807, 2.05) is 43.3 Å². The van der Waals surface area contributed by atoms with Crippen molar-refractivity contribution in [3.63, 3.8) is 0 Å². The van der Waals surface area contributed by atoms with E-state index in [2.05, 4.69) is 20.6 Å². The summed E-state index contributed by atoms with van der Waals surface area (Å²) in [6, 6.07) is 14.5. The van der Waals surface area contributed by atoms with Crippen LogP contribution in [-0.2, 0) is 6.18 Å². The standard InChI is InChI=1S/C20H20F3N5/c1-13-12-18(26-17-7-5-4-6-16(17)20(21,22)23)27-19(24-13)25-14-8-10-15(11-9-14)28(2)3/h4-12H,1-3H3,(H2,24,25,26,27). The summed E-state index contributed by atoms with van der Waals surface area (Å²) in [4.78, 5) is 10.6. The summed E-state index contributed by atoms with van der Waals surface area (Å²) in [7, 11) is 3.89. The van der Waals surface area contributed by atoms with Crippen LogP contribution in [0.5, 0.6) is 0 Å². The van der Waals surface area contributed by atoms with Crippen LogP contribution in [0.4, 0.5) is 42.0 Å². The van der Waals surface area contributed by atoms with E-state index in [1.54, 1.807) is 13.0 Å². The molecule has 0 fully saturated rings. The first-order valence-electron chi connectivity index (χ1n) is 8.56. The van der Waals surface area contributed by atoms with Crippen LogP contribution in [0, 0.1) is 6.92 Å². The van der Waals surface area contributed by atoms with E-state index in [9.17, 15) is 13.2 Å². The molecule has 0 saturated heterocycles. The average Bonchev–Trinajstić information content (AvgIpc) is 2.61. The number of aromatic nitrogens is 2. The summed E-state index contributed by atoms with van der Waals surface area (Å²) < 4.78 is 39.6. The van der Waals surface area contributed by atoms with Crippen molar-refractivity contribution in [2.45, 2.75) is 13.1 Å². The fraction of sp³-hybridized carbons (Fsp3) is 0.200. The van der Waals surface area contributed by atoms with Gasteiger partial charge in [0.15, 0.2) is 0 Å². The van der Waals surface area contributed by atoms with Crippen LogP contribution >= 0.6 is 0 Å². The Labute approximate surface area is 161 Å². The van der Waals surface area contributed by atoms with Gasteiger partial charge in [-0.3, -0.25) is 0 Å². The minimum Gasteiger partial charge on any atom is -0.378 e. The Kier molecular flexibility index (Phi) is 5.39. The van der Waals surface area contributed by atoms with Gasteiger partial charge in [-0.15, -0.1) is 0 Å². The van der Waals surface area contributed by atoms with Crippen LogP contribution in [0.25, 0.3) is 0 Å². The zero-order valence-corrected chi connectivity index (χ0v) is 15.7. The molecule has 0 aliphatic heterocycles. The van der Waals surface area contributed by atoms with Gasteiger partial charge in [0.25, 0.3) is 0 Å². The third kappa shape index (κ3) is 4.70. The molecule has 0 unspecified atom stereocenters. The number of halogens is 3. The molecule has 8 heteroatoms. The molecule has 28 heavy (non-hydrogen) atoms. The molecule has 2 N–H and O–H groups in total. The van der Waals surface area contributed by atoms with E-state index in [4.69, 9.17) is 0 Å². The SMILES string of the molecule is Cc1cc(Nc2ccccc2C(F)(F)F)nc(Nc2ccc(N(C)C)cc2)n1. The number of anilines is 5. The van der Waals surface area contributed by atoms with E-state index in [0.29, 0.717) is 11.6 Å². The fourth-order valence-corrected chi connectivity index (χ4v) is 2.64. The topological polar surface area (TPSA) is 53.1 Å². The first kappa shape index (κ1) is 19.5. The number of nitrogens with one attached hydrogen (secondary N) is 2. The van der Waals surface area contributed by atoms with Crippen molar-refractivity contribution in [3.05, 3.63) is 65.9 Å². The number of nitrogens with zero attached hydrogens (tertiary/aromatic N) is 3. The molecular formula is C20H20F3N5. The highest BCUT2D eigenvalue weighted by Crippen LogP contribution is 2.35. The van der Waals surface area contributed by atoms with E-state index < -0.39 is 11.7 Å². The van der Waals surface area contributed by atoms with Crippen LogP contribution < -0.4 is 15.5 Å². The minimum absolute atomic E-state index is 0.0608. The third-order valence-corrected chi connectivity index (χ3v) is 3.99. The highest BCUT2D eigenvalue weighted by atomic mass is 19.4. The molecule has 0 saturated carbocycles. The number of benzene rings is 2. The van der Waals surface area contributed by atoms with Crippen LogP contribution in [0.3, 0.4) is 0 Å². The lowest BCUT2D eigenvalue weighted by Crippen LogP contribution is -2.10. The van der Waals surface area contributed by atoms with Crippen molar-refractivity contribution >= 4 is 28.8 Å². The Balaban J connectivity index is 1.84. The number of hydrogen-bond donors (Lipinski definition) is 2. The fourth-order valence-electron chi connectivity index (χ4n) is 2.64. The lowest BCUT2D eigenvalue weighted by Gasteiger charge is -2.15. The van der Waals surface area contributed by atoms with Gasteiger partial charge in [0.1, 0.15) is 5.82 Å². The summed E-state index contributed by atoms with van der Waals surface area (Å²) in [6.07, 6.45) is -4.46. The molecule has 0 aliphatic rings. The van der Waals surface area contributed by atoms with Gasteiger partial charge in [0.05, 0.1) is 11.3 Å². The molecule has 0 aliphatic carbocycles. The maximum atomic E-state index is 13.2. The monoisotopic (exact) mass is 387 g/mol. The molecule has 1 heterocycles. The largest absolute Gasteiger partial charge is 0.418 e. The molecule has 0 bridgehead atoms. The van der Waals surface area contributed by atoms with Gasteiger partial charge >= 0.3 is 6.18 Å². The number of alkyl halides is 3. The minimum atomic E-state index is -4.46. The Morgan fingerprint density at radius 1 is 0.893 bits per heavy atom. The normalized spacial score (nSPS) is 11.2. The second kappa shape index (κ2) is 7.75. The van der Waals surface area contributed by atoms with Crippen molar-refractivity contribution < 1.29 is 13.2 Å². The van der Waals surface area contributed by atoms with E-state index in [0.717, 1.165) is 17.4 Å². The van der Waals surface area contributed by atoms with Gasteiger partial charge in [0, 0.05) is 37.2 Å². The average molecular weight is 387 g/mol. The van der Waals surface area contributed by atoms with Gasteiger partial charge in [-0.25, -0.2) is 4.98 Å². The number of rotatable bonds is 5. The summed E-state index contributed by atoms with van der Waals surface area (Å²) in [5.41, 5.74) is 1.63. The molecule has 3 rings (SSSR count). The molecule has 2 aromatic carbocycles. The summed E-state index contributed by atoms with van der Waals surface area (Å²) in [6.45, 7) is 1.75. The maximum absolute atomic E-state index is 13.2. The molecule has 146 valence electrons. The van der Waals surface area contributed by atoms with E-state index in [-0.39, 0.29) is 11.5 Å². The lowest BCUT2D eigenvalue weighted by molar-refractivity contribution is -0.136. The molecule has 0 spiro atoms. The number of para-hydroxylation sites is 1. The second-order valence-electron chi connectivity index (χ2n) is 6.45. The smallest absolute Gasteiger partial charge is 0.378 e. The highest BCUT2D eigenvalue weighted by molar-refractivity contribution is 5.64. The highest BCUT2D eigenvalue weighted by Gasteiger charge is 2.33. The van der Waals surface area contributed by atoms with Gasteiger partial charge in [-0.2, -0.15) is 18.2 Å². The zero-order chi connectivity index (χ0) is 20.3. The lowest BCUT2D eigenvalue weighted by atomic mass is 10.1. The van der Waals surface area contributed by atoms with Gasteiger partial charge in [-0.1, -0.05) is 12.1 Å².